The topological polar surface area (TPSA) is 88.8 Å². The van der Waals surface area contributed by atoms with E-state index in [1.165, 1.54) is 4.40 Å². The molecule has 0 aromatic carbocycles. The minimum Gasteiger partial charge on any atom is -0.288 e. The lowest BCUT2D eigenvalue weighted by Crippen LogP contribution is -2.44. The van der Waals surface area contributed by atoms with Crippen molar-refractivity contribution >= 4 is 37.1 Å². The summed E-state index contributed by atoms with van der Waals surface area (Å²) in [6.07, 6.45) is 1.56. The summed E-state index contributed by atoms with van der Waals surface area (Å²) in [4.78, 5) is 4.01. The number of hydrogen-bond donors (Lipinski definition) is 0. The second-order valence-electron chi connectivity index (χ2n) is 4.69. The van der Waals surface area contributed by atoms with Crippen molar-refractivity contribution in [3.8, 4) is 0 Å². The maximum atomic E-state index is 12.7. The SMILES string of the molecule is O=S1(=O)CCN(S(=O)(=O)c2c(Cl)nc3ccccn23)CC1. The fourth-order valence-corrected chi connectivity index (χ4v) is 5.71. The van der Waals surface area contributed by atoms with Crippen LogP contribution in [0.4, 0.5) is 0 Å². The summed E-state index contributed by atoms with van der Waals surface area (Å²) in [6.45, 7) is -0.137. The number of nitrogens with zero attached hydrogens (tertiary/aromatic N) is 3. The molecule has 2 aromatic heterocycles. The molecule has 0 unspecified atom stereocenters. The minimum absolute atomic E-state index is 0.0684. The van der Waals surface area contributed by atoms with Crippen LogP contribution >= 0.6 is 11.6 Å². The molecule has 0 atom stereocenters. The zero-order valence-electron chi connectivity index (χ0n) is 10.8. The van der Waals surface area contributed by atoms with Crippen LogP contribution in [0.2, 0.25) is 5.15 Å². The van der Waals surface area contributed by atoms with Gasteiger partial charge in [0.2, 0.25) is 0 Å². The first-order valence-electron chi connectivity index (χ1n) is 6.14. The minimum atomic E-state index is -3.89. The number of hydrogen-bond acceptors (Lipinski definition) is 5. The van der Waals surface area contributed by atoms with Crippen LogP contribution in [-0.2, 0) is 19.9 Å². The van der Waals surface area contributed by atoms with E-state index in [1.54, 1.807) is 24.4 Å². The lowest BCUT2D eigenvalue weighted by atomic mass is 10.5. The van der Waals surface area contributed by atoms with Crippen molar-refractivity contribution in [3.63, 3.8) is 0 Å². The van der Waals surface area contributed by atoms with Crippen molar-refractivity contribution < 1.29 is 16.8 Å². The van der Waals surface area contributed by atoms with Gasteiger partial charge in [0.1, 0.15) is 5.65 Å². The molecule has 0 saturated carbocycles. The van der Waals surface area contributed by atoms with Gasteiger partial charge in [-0.3, -0.25) is 4.40 Å². The van der Waals surface area contributed by atoms with Gasteiger partial charge in [-0.15, -0.1) is 0 Å². The number of fused-ring (bicyclic) bond motifs is 1. The molecule has 10 heteroatoms. The fraction of sp³-hybridized carbons (Fsp3) is 0.364. The molecule has 2 aromatic rings. The Labute approximate surface area is 127 Å². The normalized spacial score (nSPS) is 19.9. The molecule has 21 heavy (non-hydrogen) atoms. The number of rotatable bonds is 2. The van der Waals surface area contributed by atoms with Gasteiger partial charge in [0.25, 0.3) is 10.0 Å². The maximum Gasteiger partial charge on any atom is 0.262 e. The van der Waals surface area contributed by atoms with Crippen LogP contribution < -0.4 is 0 Å². The third-order valence-corrected chi connectivity index (χ3v) is 7.24. The summed E-state index contributed by atoms with van der Waals surface area (Å²) in [5.74, 6) is -0.360. The Morgan fingerprint density at radius 2 is 1.86 bits per heavy atom. The number of aromatic nitrogens is 2. The molecule has 1 fully saturated rings. The monoisotopic (exact) mass is 349 g/mol. The summed E-state index contributed by atoms with van der Waals surface area (Å²) < 4.78 is 50.7. The van der Waals surface area contributed by atoms with Crippen LogP contribution in [0.15, 0.2) is 29.4 Å². The summed E-state index contributed by atoms with van der Waals surface area (Å²) in [5.41, 5.74) is 0.422. The molecule has 0 N–H and O–H groups in total. The van der Waals surface area contributed by atoms with Crippen molar-refractivity contribution in [2.75, 3.05) is 24.6 Å². The molecule has 1 aliphatic rings. The van der Waals surface area contributed by atoms with Crippen molar-refractivity contribution in [1.29, 1.82) is 0 Å². The van der Waals surface area contributed by atoms with E-state index >= 15 is 0 Å². The van der Waals surface area contributed by atoms with E-state index in [0.717, 1.165) is 4.31 Å². The van der Waals surface area contributed by atoms with Crippen molar-refractivity contribution in [3.05, 3.63) is 29.5 Å². The highest BCUT2D eigenvalue weighted by Crippen LogP contribution is 2.26. The van der Waals surface area contributed by atoms with E-state index in [1.807, 2.05) is 0 Å². The average molecular weight is 350 g/mol. The Kier molecular flexibility index (Phi) is 3.47. The average Bonchev–Trinajstić information content (AvgIpc) is 2.74. The molecule has 3 heterocycles. The van der Waals surface area contributed by atoms with Gasteiger partial charge in [-0.25, -0.2) is 21.8 Å². The highest BCUT2D eigenvalue weighted by Gasteiger charge is 2.35. The molecule has 1 saturated heterocycles. The predicted octanol–water partition coefficient (Wildman–Crippen LogP) is 0.407. The number of sulfone groups is 1. The van der Waals surface area contributed by atoms with E-state index < -0.39 is 19.9 Å². The van der Waals surface area contributed by atoms with Gasteiger partial charge >= 0.3 is 0 Å². The Bertz CT molecular complexity index is 891. The third-order valence-electron chi connectivity index (χ3n) is 3.33. The van der Waals surface area contributed by atoms with Crippen LogP contribution in [0.3, 0.4) is 0 Å². The standard InChI is InChI=1S/C11H12ClN3O4S2/c12-10-11(15-4-2-1-3-9(15)13-10)21(18,19)14-5-7-20(16,17)8-6-14/h1-4H,5-8H2. The zero-order chi connectivity index (χ0) is 15.3. The number of imidazole rings is 1. The van der Waals surface area contributed by atoms with Crippen molar-refractivity contribution in [2.45, 2.75) is 5.03 Å². The lowest BCUT2D eigenvalue weighted by Gasteiger charge is -2.25. The Morgan fingerprint density at radius 1 is 1.19 bits per heavy atom. The van der Waals surface area contributed by atoms with Gasteiger partial charge < -0.3 is 0 Å². The van der Waals surface area contributed by atoms with E-state index in [-0.39, 0.29) is 34.8 Å². The lowest BCUT2D eigenvalue weighted by molar-refractivity contribution is 0.428. The van der Waals surface area contributed by atoms with Gasteiger partial charge in [0, 0.05) is 19.3 Å². The van der Waals surface area contributed by atoms with Gasteiger partial charge in [-0.05, 0) is 12.1 Å². The molecule has 3 rings (SSSR count). The van der Waals surface area contributed by atoms with E-state index in [9.17, 15) is 16.8 Å². The molecule has 0 spiro atoms. The van der Waals surface area contributed by atoms with Crippen LogP contribution in [0.5, 0.6) is 0 Å². The molecular weight excluding hydrogens is 338 g/mol. The maximum absolute atomic E-state index is 12.7. The van der Waals surface area contributed by atoms with Crippen LogP contribution in [0.25, 0.3) is 5.65 Å². The van der Waals surface area contributed by atoms with Gasteiger partial charge in [0.15, 0.2) is 20.0 Å². The second-order valence-corrected chi connectivity index (χ2v) is 9.21. The number of sulfonamides is 1. The fourth-order valence-electron chi connectivity index (χ4n) is 2.23. The first-order valence-corrected chi connectivity index (χ1v) is 9.78. The zero-order valence-corrected chi connectivity index (χ0v) is 13.2. The predicted molar refractivity (Wildman–Crippen MR) is 77.6 cm³/mol. The molecule has 0 aliphatic carbocycles. The Hall–Kier alpha value is -1.16. The summed E-state index contributed by atoms with van der Waals surface area (Å²) >= 11 is 5.97. The second kappa shape index (κ2) is 4.94. The first kappa shape index (κ1) is 14.8. The first-order chi connectivity index (χ1) is 9.81. The van der Waals surface area contributed by atoms with E-state index in [4.69, 9.17) is 11.6 Å². The largest absolute Gasteiger partial charge is 0.288 e. The highest BCUT2D eigenvalue weighted by atomic mass is 35.5. The number of halogens is 1. The van der Waals surface area contributed by atoms with Crippen molar-refractivity contribution in [2.24, 2.45) is 0 Å². The van der Waals surface area contributed by atoms with Gasteiger partial charge in [0.05, 0.1) is 11.5 Å². The van der Waals surface area contributed by atoms with Gasteiger partial charge in [-0.2, -0.15) is 4.31 Å². The quantitative estimate of drug-likeness (QED) is 0.783. The van der Waals surface area contributed by atoms with E-state index in [0.29, 0.717) is 5.65 Å². The Balaban J connectivity index is 2.07. The molecule has 114 valence electrons. The van der Waals surface area contributed by atoms with E-state index in [2.05, 4.69) is 4.98 Å². The van der Waals surface area contributed by atoms with Crippen LogP contribution in [0, 0.1) is 0 Å². The van der Waals surface area contributed by atoms with Crippen LogP contribution in [-0.4, -0.2) is 55.1 Å². The molecule has 1 aliphatic heterocycles. The smallest absolute Gasteiger partial charge is 0.262 e. The number of pyridine rings is 1. The van der Waals surface area contributed by atoms with Crippen molar-refractivity contribution in [1.82, 2.24) is 13.7 Å². The highest BCUT2D eigenvalue weighted by molar-refractivity contribution is 7.92. The summed E-state index contributed by atoms with van der Waals surface area (Å²) in [5, 5.41) is -0.242. The third kappa shape index (κ3) is 2.54. The van der Waals surface area contributed by atoms with Gasteiger partial charge in [-0.1, -0.05) is 17.7 Å². The molecule has 7 nitrogen and oxygen atoms in total. The summed E-state index contributed by atoms with van der Waals surface area (Å²) in [7, 11) is -7.05. The molecule has 0 amide bonds. The molecular formula is C11H12ClN3O4S2. The Morgan fingerprint density at radius 3 is 2.52 bits per heavy atom. The van der Waals surface area contributed by atoms with Crippen LogP contribution in [0.1, 0.15) is 0 Å². The molecule has 0 radical (unpaired) electrons. The molecule has 0 bridgehead atoms. The summed E-state index contributed by atoms with van der Waals surface area (Å²) in [6, 6.07) is 5.04.